The number of halogens is 2. The molecule has 11 heavy (non-hydrogen) atoms. The number of nitrogens with zero attached hydrogens (tertiary/aromatic N) is 4. The molecule has 1 unspecified atom stereocenters. The lowest BCUT2D eigenvalue weighted by molar-refractivity contribution is 1.02. The highest BCUT2D eigenvalue weighted by atomic mass is 79.9. The third-order valence-electron chi connectivity index (χ3n) is 1.31. The molecule has 0 bridgehead atoms. The molecule has 1 aromatic heterocycles. The molecule has 4 nitrogen and oxygen atoms in total. The standard InChI is InChI=1S/C5H2BrClN4/c6-3-2-4(7)8-1-9-5(2)11-10-3/h1,3H. The number of fused-ring (bicyclic) bond motifs is 1. The van der Waals surface area contributed by atoms with Crippen molar-refractivity contribution in [3.8, 4) is 0 Å². The van der Waals surface area contributed by atoms with Gasteiger partial charge in [0.05, 0.1) is 5.56 Å². The van der Waals surface area contributed by atoms with Crippen molar-refractivity contribution in [2.45, 2.75) is 4.95 Å². The van der Waals surface area contributed by atoms with Crippen LogP contribution in [0.2, 0.25) is 5.15 Å². The summed E-state index contributed by atoms with van der Waals surface area (Å²) < 4.78 is 0. The van der Waals surface area contributed by atoms with Crippen LogP contribution >= 0.6 is 27.5 Å². The van der Waals surface area contributed by atoms with Gasteiger partial charge in [-0.25, -0.2) is 9.97 Å². The summed E-state index contributed by atoms with van der Waals surface area (Å²) in [6.07, 6.45) is 1.37. The molecule has 0 aromatic carbocycles. The van der Waals surface area contributed by atoms with Gasteiger partial charge >= 0.3 is 0 Å². The van der Waals surface area contributed by atoms with Gasteiger partial charge in [-0.1, -0.05) is 27.5 Å². The van der Waals surface area contributed by atoms with E-state index in [4.69, 9.17) is 11.6 Å². The number of azo groups is 1. The Hall–Kier alpha value is -0.550. The minimum Gasteiger partial charge on any atom is -0.224 e. The predicted octanol–water partition coefficient (Wildman–Crippen LogP) is 2.62. The SMILES string of the molecule is Clc1ncnc2c1C(Br)N=N2. The minimum absolute atomic E-state index is 0.189. The Kier molecular flexibility index (Phi) is 1.61. The van der Waals surface area contributed by atoms with E-state index >= 15 is 0 Å². The number of hydrogen-bond acceptors (Lipinski definition) is 4. The second-order valence-corrected chi connectivity index (χ2v) is 3.18. The van der Waals surface area contributed by atoms with Crippen LogP contribution in [0.4, 0.5) is 5.82 Å². The molecule has 1 atom stereocenters. The van der Waals surface area contributed by atoms with Crippen molar-refractivity contribution in [2.24, 2.45) is 10.2 Å². The van der Waals surface area contributed by atoms with Gasteiger partial charge in [-0.2, -0.15) is 5.11 Å². The van der Waals surface area contributed by atoms with Crippen LogP contribution in [0.1, 0.15) is 10.5 Å². The molecule has 6 heteroatoms. The molecule has 2 rings (SSSR count). The molecular formula is C5H2BrClN4. The Labute approximate surface area is 75.8 Å². The predicted molar refractivity (Wildman–Crippen MR) is 43.2 cm³/mol. The van der Waals surface area contributed by atoms with Crippen LogP contribution in [0.3, 0.4) is 0 Å². The first-order valence-electron chi connectivity index (χ1n) is 2.84. The zero-order valence-corrected chi connectivity index (χ0v) is 7.54. The Balaban J connectivity index is 2.65. The molecular weight excluding hydrogens is 231 g/mol. The van der Waals surface area contributed by atoms with E-state index < -0.39 is 0 Å². The lowest BCUT2D eigenvalue weighted by atomic mass is 10.3. The maximum Gasteiger partial charge on any atom is 0.184 e. The van der Waals surface area contributed by atoms with Gasteiger partial charge in [0, 0.05) is 0 Å². The van der Waals surface area contributed by atoms with Gasteiger partial charge in [0.25, 0.3) is 0 Å². The average molecular weight is 233 g/mol. The molecule has 0 aliphatic carbocycles. The Bertz CT molecular complexity index is 326. The lowest BCUT2D eigenvalue weighted by Crippen LogP contribution is -1.87. The van der Waals surface area contributed by atoms with Crippen LogP contribution in [0.5, 0.6) is 0 Å². The smallest absolute Gasteiger partial charge is 0.184 e. The van der Waals surface area contributed by atoms with Crippen LogP contribution < -0.4 is 0 Å². The summed E-state index contributed by atoms with van der Waals surface area (Å²) in [4.78, 5) is 7.50. The number of alkyl halides is 1. The van der Waals surface area contributed by atoms with Crippen molar-refractivity contribution in [1.29, 1.82) is 0 Å². The van der Waals surface area contributed by atoms with Crippen molar-refractivity contribution in [1.82, 2.24) is 9.97 Å². The van der Waals surface area contributed by atoms with E-state index in [9.17, 15) is 0 Å². The summed E-state index contributed by atoms with van der Waals surface area (Å²) in [7, 11) is 0. The van der Waals surface area contributed by atoms with Gasteiger partial charge in [0.15, 0.2) is 10.8 Å². The highest BCUT2D eigenvalue weighted by Crippen LogP contribution is 2.40. The van der Waals surface area contributed by atoms with Crippen LogP contribution in [0, 0.1) is 0 Å². The van der Waals surface area contributed by atoms with Gasteiger partial charge in [0.2, 0.25) is 0 Å². The fraction of sp³-hybridized carbons (Fsp3) is 0.200. The maximum atomic E-state index is 5.76. The van der Waals surface area contributed by atoms with Crippen molar-refractivity contribution in [3.63, 3.8) is 0 Å². The van der Waals surface area contributed by atoms with Gasteiger partial charge in [-0.05, 0) is 0 Å². The second kappa shape index (κ2) is 2.49. The van der Waals surface area contributed by atoms with E-state index in [0.29, 0.717) is 11.0 Å². The first-order chi connectivity index (χ1) is 5.29. The third-order valence-corrected chi connectivity index (χ3v) is 2.25. The van der Waals surface area contributed by atoms with Crippen molar-refractivity contribution >= 4 is 33.3 Å². The zero-order chi connectivity index (χ0) is 7.84. The zero-order valence-electron chi connectivity index (χ0n) is 5.20. The summed E-state index contributed by atoms with van der Waals surface area (Å²) in [5, 5.41) is 8.01. The summed E-state index contributed by atoms with van der Waals surface area (Å²) in [6, 6.07) is 0. The molecule has 0 spiro atoms. The summed E-state index contributed by atoms with van der Waals surface area (Å²) in [6.45, 7) is 0. The first kappa shape index (κ1) is 7.12. The third kappa shape index (κ3) is 1.04. The minimum atomic E-state index is -0.189. The summed E-state index contributed by atoms with van der Waals surface area (Å²) >= 11 is 9.03. The van der Waals surface area contributed by atoms with Crippen LogP contribution in [-0.4, -0.2) is 9.97 Å². The fourth-order valence-corrected chi connectivity index (χ4v) is 1.69. The Morgan fingerprint density at radius 2 is 2.27 bits per heavy atom. The molecule has 0 radical (unpaired) electrons. The average Bonchev–Trinajstić information content (AvgIpc) is 2.34. The Morgan fingerprint density at radius 1 is 1.45 bits per heavy atom. The number of hydrogen-bond donors (Lipinski definition) is 0. The second-order valence-electron chi connectivity index (χ2n) is 1.95. The van der Waals surface area contributed by atoms with Crippen molar-refractivity contribution in [3.05, 3.63) is 17.0 Å². The molecule has 56 valence electrons. The van der Waals surface area contributed by atoms with E-state index in [2.05, 4.69) is 36.1 Å². The van der Waals surface area contributed by atoms with Crippen LogP contribution in [0.25, 0.3) is 0 Å². The van der Waals surface area contributed by atoms with Gasteiger partial charge < -0.3 is 0 Å². The number of aromatic nitrogens is 2. The quantitative estimate of drug-likeness (QED) is 0.393. The fourth-order valence-electron chi connectivity index (χ4n) is 0.813. The van der Waals surface area contributed by atoms with Crippen LogP contribution in [0.15, 0.2) is 16.6 Å². The molecule has 0 saturated carbocycles. The van der Waals surface area contributed by atoms with E-state index in [1.807, 2.05) is 0 Å². The highest BCUT2D eigenvalue weighted by Gasteiger charge is 2.22. The molecule has 0 N–H and O–H groups in total. The van der Waals surface area contributed by atoms with E-state index in [1.165, 1.54) is 6.33 Å². The molecule has 1 aliphatic rings. The van der Waals surface area contributed by atoms with E-state index in [-0.39, 0.29) is 4.95 Å². The largest absolute Gasteiger partial charge is 0.224 e. The van der Waals surface area contributed by atoms with Gasteiger partial charge in [0.1, 0.15) is 11.5 Å². The lowest BCUT2D eigenvalue weighted by Gasteiger charge is -1.98. The van der Waals surface area contributed by atoms with Crippen LogP contribution in [-0.2, 0) is 0 Å². The Morgan fingerprint density at radius 3 is 3.00 bits per heavy atom. The number of rotatable bonds is 0. The molecule has 0 fully saturated rings. The van der Waals surface area contributed by atoms with E-state index in [0.717, 1.165) is 5.56 Å². The molecule has 0 saturated heterocycles. The molecule has 0 amide bonds. The molecule has 2 heterocycles. The highest BCUT2D eigenvalue weighted by molar-refractivity contribution is 9.09. The maximum absolute atomic E-state index is 5.76. The monoisotopic (exact) mass is 232 g/mol. The molecule has 1 aliphatic heterocycles. The first-order valence-corrected chi connectivity index (χ1v) is 4.13. The van der Waals surface area contributed by atoms with Crippen molar-refractivity contribution < 1.29 is 0 Å². The van der Waals surface area contributed by atoms with Crippen molar-refractivity contribution in [2.75, 3.05) is 0 Å². The topological polar surface area (TPSA) is 50.5 Å². The molecule has 1 aromatic rings. The summed E-state index contributed by atoms with van der Waals surface area (Å²) in [5.41, 5.74) is 0.745. The van der Waals surface area contributed by atoms with Gasteiger partial charge in [-0.15, -0.1) is 5.11 Å². The van der Waals surface area contributed by atoms with E-state index in [1.54, 1.807) is 0 Å². The summed E-state index contributed by atoms with van der Waals surface area (Å²) in [5.74, 6) is 0.548. The normalized spacial score (nSPS) is 20.4. The van der Waals surface area contributed by atoms with Gasteiger partial charge in [-0.3, -0.25) is 0 Å².